The summed E-state index contributed by atoms with van der Waals surface area (Å²) in [5, 5.41) is 13.1. The van der Waals surface area contributed by atoms with Crippen LogP contribution in [0.2, 0.25) is 0 Å². The summed E-state index contributed by atoms with van der Waals surface area (Å²) in [6.45, 7) is 7.07. The fourth-order valence-electron chi connectivity index (χ4n) is 3.94. The number of nitrogens with one attached hydrogen (secondary N) is 1. The van der Waals surface area contributed by atoms with Gasteiger partial charge in [-0.05, 0) is 55.8 Å². The number of nitriles is 1. The van der Waals surface area contributed by atoms with Crippen LogP contribution in [-0.2, 0) is 0 Å². The van der Waals surface area contributed by atoms with Crippen molar-refractivity contribution in [3.05, 3.63) is 0 Å². The Hall–Kier alpha value is -0.550. The largest absolute Gasteiger partial charge is 0.299 e. The van der Waals surface area contributed by atoms with Crippen LogP contribution in [0.1, 0.15) is 72.1 Å². The van der Waals surface area contributed by atoms with Crippen molar-refractivity contribution in [1.29, 1.82) is 5.26 Å². The van der Waals surface area contributed by atoms with Gasteiger partial charge in [-0.15, -0.1) is 0 Å². The van der Waals surface area contributed by atoms with E-state index in [1.165, 1.54) is 51.4 Å². The molecule has 2 aliphatic rings. The van der Waals surface area contributed by atoms with Crippen molar-refractivity contribution in [1.82, 2.24) is 5.32 Å². The van der Waals surface area contributed by atoms with Gasteiger partial charge in [0.2, 0.25) is 0 Å². The van der Waals surface area contributed by atoms with Crippen molar-refractivity contribution in [2.45, 2.75) is 84.2 Å². The minimum atomic E-state index is 0.101. The van der Waals surface area contributed by atoms with Gasteiger partial charge < -0.3 is 0 Å². The topological polar surface area (TPSA) is 35.8 Å². The summed E-state index contributed by atoms with van der Waals surface area (Å²) in [6.07, 6.45) is 10.3. The molecule has 0 aliphatic heterocycles. The lowest BCUT2D eigenvalue weighted by Crippen LogP contribution is -2.42. The molecule has 0 saturated heterocycles. The van der Waals surface area contributed by atoms with Gasteiger partial charge in [0.15, 0.2) is 0 Å². The Labute approximate surface area is 119 Å². The first kappa shape index (κ1) is 14.9. The van der Waals surface area contributed by atoms with Crippen LogP contribution in [0.3, 0.4) is 0 Å². The molecule has 108 valence electrons. The Kier molecular flexibility index (Phi) is 4.90. The van der Waals surface area contributed by atoms with Gasteiger partial charge in [0.05, 0.1) is 12.1 Å². The molecule has 0 spiro atoms. The van der Waals surface area contributed by atoms with Gasteiger partial charge >= 0.3 is 0 Å². The molecule has 2 aliphatic carbocycles. The maximum absolute atomic E-state index is 9.45. The highest BCUT2D eigenvalue weighted by Gasteiger charge is 2.33. The third-order valence-electron chi connectivity index (χ3n) is 5.38. The fourth-order valence-corrected chi connectivity index (χ4v) is 3.94. The Bertz CT molecular complexity index is 309. The third-order valence-corrected chi connectivity index (χ3v) is 5.38. The van der Waals surface area contributed by atoms with E-state index < -0.39 is 0 Å². The Morgan fingerprint density at radius 1 is 1.00 bits per heavy atom. The smallest absolute Gasteiger partial charge is 0.0983 e. The number of hydrogen-bond donors (Lipinski definition) is 1. The molecule has 2 heteroatoms. The Morgan fingerprint density at radius 3 is 2.05 bits per heavy atom. The summed E-state index contributed by atoms with van der Waals surface area (Å²) in [5.41, 5.74) is 0.436. The summed E-state index contributed by atoms with van der Waals surface area (Å²) in [6, 6.07) is 3.26. The highest BCUT2D eigenvalue weighted by molar-refractivity contribution is 4.99. The average Bonchev–Trinajstić information content (AvgIpc) is 2.88. The van der Waals surface area contributed by atoms with E-state index in [-0.39, 0.29) is 6.04 Å². The molecular formula is C17H30N2. The predicted octanol–water partition coefficient (Wildman–Crippen LogP) is 4.26. The van der Waals surface area contributed by atoms with Crippen LogP contribution in [0.4, 0.5) is 0 Å². The first-order valence-corrected chi connectivity index (χ1v) is 8.16. The molecule has 2 fully saturated rings. The molecule has 0 radical (unpaired) electrons. The van der Waals surface area contributed by atoms with Crippen molar-refractivity contribution in [3.63, 3.8) is 0 Å². The minimum Gasteiger partial charge on any atom is -0.299 e. The highest BCUT2D eigenvalue weighted by atomic mass is 15.0. The van der Waals surface area contributed by atoms with Crippen LogP contribution in [0.25, 0.3) is 0 Å². The molecule has 2 saturated carbocycles. The second kappa shape index (κ2) is 6.27. The summed E-state index contributed by atoms with van der Waals surface area (Å²) >= 11 is 0. The van der Waals surface area contributed by atoms with Crippen LogP contribution < -0.4 is 5.32 Å². The molecule has 0 aromatic carbocycles. The predicted molar refractivity (Wildman–Crippen MR) is 79.7 cm³/mol. The molecular weight excluding hydrogens is 232 g/mol. The van der Waals surface area contributed by atoms with Crippen LogP contribution in [0.15, 0.2) is 0 Å². The van der Waals surface area contributed by atoms with Crippen molar-refractivity contribution in [2.24, 2.45) is 17.3 Å². The molecule has 0 heterocycles. The van der Waals surface area contributed by atoms with Crippen molar-refractivity contribution in [2.75, 3.05) is 0 Å². The molecule has 0 aromatic rings. The second-order valence-electron chi connectivity index (χ2n) is 7.73. The molecule has 2 rings (SSSR count). The molecule has 0 aromatic heterocycles. The van der Waals surface area contributed by atoms with Crippen LogP contribution >= 0.6 is 0 Å². The van der Waals surface area contributed by atoms with Crippen molar-refractivity contribution >= 4 is 0 Å². The zero-order chi connectivity index (χ0) is 13.9. The van der Waals surface area contributed by atoms with Crippen molar-refractivity contribution < 1.29 is 0 Å². The Morgan fingerprint density at radius 2 is 1.58 bits per heavy atom. The van der Waals surface area contributed by atoms with E-state index in [1.54, 1.807) is 0 Å². The molecule has 1 atom stereocenters. The third kappa shape index (κ3) is 3.96. The lowest BCUT2D eigenvalue weighted by molar-refractivity contribution is 0.139. The van der Waals surface area contributed by atoms with E-state index in [0.717, 1.165) is 5.92 Å². The van der Waals surface area contributed by atoms with E-state index in [4.69, 9.17) is 0 Å². The fraction of sp³-hybridized carbons (Fsp3) is 0.941. The van der Waals surface area contributed by atoms with Gasteiger partial charge in [0, 0.05) is 6.04 Å². The maximum Gasteiger partial charge on any atom is 0.0983 e. The van der Waals surface area contributed by atoms with Crippen LogP contribution in [0.5, 0.6) is 0 Å². The summed E-state index contributed by atoms with van der Waals surface area (Å²) in [7, 11) is 0. The quantitative estimate of drug-likeness (QED) is 0.824. The van der Waals surface area contributed by atoms with Crippen molar-refractivity contribution in [3.8, 4) is 6.07 Å². The molecule has 2 nitrogen and oxygen atoms in total. The first-order chi connectivity index (χ1) is 9.00. The molecule has 0 bridgehead atoms. The Balaban J connectivity index is 1.83. The number of rotatable bonds is 3. The standard InChI is InChI=1S/C17H30N2/c1-17(2,3)14-10-8-13(9-11-14)16(12-18)19-15-6-4-5-7-15/h13-16,19H,4-11H2,1-3H3. The lowest BCUT2D eigenvalue weighted by atomic mass is 9.68. The molecule has 19 heavy (non-hydrogen) atoms. The monoisotopic (exact) mass is 262 g/mol. The van der Waals surface area contributed by atoms with Gasteiger partial charge in [0.25, 0.3) is 0 Å². The summed E-state index contributed by atoms with van der Waals surface area (Å²) in [4.78, 5) is 0. The second-order valence-corrected chi connectivity index (χ2v) is 7.73. The van der Waals surface area contributed by atoms with E-state index in [0.29, 0.717) is 17.4 Å². The van der Waals surface area contributed by atoms with E-state index in [1.807, 2.05) is 0 Å². The van der Waals surface area contributed by atoms with E-state index in [2.05, 4.69) is 32.2 Å². The normalized spacial score (nSPS) is 31.1. The number of hydrogen-bond acceptors (Lipinski definition) is 2. The molecule has 0 amide bonds. The molecule has 1 unspecified atom stereocenters. The first-order valence-electron chi connectivity index (χ1n) is 8.16. The number of nitrogens with zero attached hydrogens (tertiary/aromatic N) is 1. The maximum atomic E-state index is 9.45. The SMILES string of the molecule is CC(C)(C)C1CCC(C(C#N)NC2CCCC2)CC1. The van der Waals surface area contributed by atoms with Crippen LogP contribution in [-0.4, -0.2) is 12.1 Å². The summed E-state index contributed by atoms with van der Waals surface area (Å²) < 4.78 is 0. The minimum absolute atomic E-state index is 0.101. The van der Waals surface area contributed by atoms with Gasteiger partial charge in [-0.25, -0.2) is 0 Å². The molecule has 1 N–H and O–H groups in total. The van der Waals surface area contributed by atoms with Gasteiger partial charge in [0.1, 0.15) is 0 Å². The lowest BCUT2D eigenvalue weighted by Gasteiger charge is -2.38. The van der Waals surface area contributed by atoms with E-state index >= 15 is 0 Å². The van der Waals surface area contributed by atoms with Gasteiger partial charge in [-0.1, -0.05) is 33.6 Å². The van der Waals surface area contributed by atoms with Gasteiger partial charge in [-0.2, -0.15) is 5.26 Å². The summed E-state index contributed by atoms with van der Waals surface area (Å²) in [5.74, 6) is 1.43. The zero-order valence-corrected chi connectivity index (χ0v) is 12.9. The van der Waals surface area contributed by atoms with E-state index in [9.17, 15) is 5.26 Å². The zero-order valence-electron chi connectivity index (χ0n) is 12.9. The van der Waals surface area contributed by atoms with Gasteiger partial charge in [-0.3, -0.25) is 5.32 Å². The average molecular weight is 262 g/mol. The highest BCUT2D eigenvalue weighted by Crippen LogP contribution is 2.40. The van der Waals surface area contributed by atoms with Crippen LogP contribution in [0, 0.1) is 28.6 Å².